The molecule has 20 heavy (non-hydrogen) atoms. The normalized spacial score (nSPS) is 39.1. The van der Waals surface area contributed by atoms with E-state index in [1.54, 1.807) is 0 Å². The third-order valence-corrected chi connectivity index (χ3v) is 6.06. The largest absolute Gasteiger partial charge is 0.312 e. The minimum Gasteiger partial charge on any atom is -0.312 e. The summed E-state index contributed by atoms with van der Waals surface area (Å²) in [5.74, 6) is 3.02. The van der Waals surface area contributed by atoms with Gasteiger partial charge in [-0.1, -0.05) is 19.3 Å². The third-order valence-electron chi connectivity index (χ3n) is 6.06. The smallest absolute Gasteiger partial charge is 0.0136 e. The molecule has 0 radical (unpaired) electrons. The Hall–Kier alpha value is -0.0800. The van der Waals surface area contributed by atoms with Gasteiger partial charge in [-0.25, -0.2) is 0 Å². The molecule has 4 unspecified atom stereocenters. The van der Waals surface area contributed by atoms with Crippen LogP contribution in [0.4, 0.5) is 0 Å². The summed E-state index contributed by atoms with van der Waals surface area (Å²) in [4.78, 5) is 2.87. The molecular weight excluding hydrogens is 244 g/mol. The SMILES string of the molecule is CC(C)(C)NCC1CCC1N1CCC2CCCCC2C1. The molecule has 3 aliphatic rings. The summed E-state index contributed by atoms with van der Waals surface area (Å²) in [6, 6.07) is 0.896. The van der Waals surface area contributed by atoms with Crippen LogP contribution < -0.4 is 5.32 Å². The van der Waals surface area contributed by atoms with Crippen molar-refractivity contribution in [3.63, 3.8) is 0 Å². The van der Waals surface area contributed by atoms with Crippen LogP contribution in [0.1, 0.15) is 65.7 Å². The molecule has 116 valence electrons. The van der Waals surface area contributed by atoms with E-state index in [2.05, 4.69) is 31.0 Å². The average Bonchev–Trinajstić information content (AvgIpc) is 2.36. The highest BCUT2D eigenvalue weighted by Gasteiger charge is 2.40. The Morgan fingerprint density at radius 2 is 1.70 bits per heavy atom. The van der Waals surface area contributed by atoms with Gasteiger partial charge in [0.2, 0.25) is 0 Å². The standard InChI is InChI=1S/C18H34N2/c1-18(2,3)19-12-15-8-9-17(15)20-11-10-14-6-4-5-7-16(14)13-20/h14-17,19H,4-13H2,1-3H3. The highest BCUT2D eigenvalue weighted by atomic mass is 15.2. The van der Waals surface area contributed by atoms with Crippen molar-refractivity contribution in [2.24, 2.45) is 17.8 Å². The van der Waals surface area contributed by atoms with Crippen molar-refractivity contribution >= 4 is 0 Å². The first-order valence-corrected chi connectivity index (χ1v) is 9.02. The fourth-order valence-corrected chi connectivity index (χ4v) is 4.64. The van der Waals surface area contributed by atoms with E-state index in [0.717, 1.165) is 23.8 Å². The summed E-state index contributed by atoms with van der Waals surface area (Å²) in [6.45, 7) is 10.9. The fraction of sp³-hybridized carbons (Fsp3) is 1.00. The zero-order chi connectivity index (χ0) is 14.2. The molecule has 0 aromatic heterocycles. The summed E-state index contributed by atoms with van der Waals surface area (Å²) in [5.41, 5.74) is 0.274. The first-order valence-electron chi connectivity index (χ1n) is 9.02. The second kappa shape index (κ2) is 5.96. The van der Waals surface area contributed by atoms with Crippen LogP contribution in [-0.4, -0.2) is 36.1 Å². The molecule has 2 heteroatoms. The number of piperidine rings is 1. The molecule has 1 aliphatic heterocycles. The van der Waals surface area contributed by atoms with Crippen molar-refractivity contribution < 1.29 is 0 Å². The molecule has 4 atom stereocenters. The Morgan fingerprint density at radius 1 is 0.950 bits per heavy atom. The van der Waals surface area contributed by atoms with Crippen LogP contribution >= 0.6 is 0 Å². The summed E-state index contributed by atoms with van der Waals surface area (Å²) in [5, 5.41) is 3.72. The second-order valence-electron chi connectivity index (χ2n) is 8.62. The molecule has 2 saturated carbocycles. The third kappa shape index (κ3) is 3.39. The first-order chi connectivity index (χ1) is 9.53. The van der Waals surface area contributed by atoms with Gasteiger partial charge in [0, 0.05) is 18.1 Å². The Bertz CT molecular complexity index is 320. The quantitative estimate of drug-likeness (QED) is 0.847. The van der Waals surface area contributed by atoms with Gasteiger partial charge in [-0.05, 0) is 77.3 Å². The number of rotatable bonds is 3. The Morgan fingerprint density at radius 3 is 2.35 bits per heavy atom. The second-order valence-corrected chi connectivity index (χ2v) is 8.62. The van der Waals surface area contributed by atoms with Gasteiger partial charge in [0.1, 0.15) is 0 Å². The monoisotopic (exact) mass is 278 g/mol. The molecule has 0 spiro atoms. The lowest BCUT2D eigenvalue weighted by molar-refractivity contribution is -0.00397. The van der Waals surface area contributed by atoms with Crippen LogP contribution in [0.25, 0.3) is 0 Å². The van der Waals surface area contributed by atoms with E-state index in [-0.39, 0.29) is 5.54 Å². The molecule has 1 heterocycles. The van der Waals surface area contributed by atoms with Crippen molar-refractivity contribution in [1.82, 2.24) is 10.2 Å². The number of likely N-dealkylation sites (tertiary alicyclic amines) is 1. The van der Waals surface area contributed by atoms with Crippen molar-refractivity contribution in [1.29, 1.82) is 0 Å². The van der Waals surface area contributed by atoms with E-state index in [1.807, 2.05) is 0 Å². The van der Waals surface area contributed by atoms with E-state index in [1.165, 1.54) is 64.6 Å². The molecule has 2 nitrogen and oxygen atoms in total. The maximum Gasteiger partial charge on any atom is 0.0136 e. The first kappa shape index (κ1) is 14.8. The summed E-state index contributed by atoms with van der Waals surface area (Å²) >= 11 is 0. The lowest BCUT2D eigenvalue weighted by Gasteiger charge is -2.50. The number of nitrogens with zero attached hydrogens (tertiary/aromatic N) is 1. The molecule has 0 bridgehead atoms. The van der Waals surface area contributed by atoms with Gasteiger partial charge in [-0.15, -0.1) is 0 Å². The zero-order valence-corrected chi connectivity index (χ0v) is 13.8. The van der Waals surface area contributed by atoms with E-state index in [4.69, 9.17) is 0 Å². The summed E-state index contributed by atoms with van der Waals surface area (Å²) in [7, 11) is 0. The van der Waals surface area contributed by atoms with Crippen molar-refractivity contribution in [3.8, 4) is 0 Å². The molecule has 0 aromatic carbocycles. The maximum atomic E-state index is 3.72. The van der Waals surface area contributed by atoms with Crippen molar-refractivity contribution in [3.05, 3.63) is 0 Å². The number of nitrogens with one attached hydrogen (secondary N) is 1. The lowest BCUT2D eigenvalue weighted by Crippen LogP contribution is -2.56. The molecule has 3 fully saturated rings. The minimum atomic E-state index is 0.274. The molecule has 0 amide bonds. The molecule has 3 rings (SSSR count). The van der Waals surface area contributed by atoms with Gasteiger partial charge in [0.15, 0.2) is 0 Å². The fourth-order valence-electron chi connectivity index (χ4n) is 4.64. The molecular formula is C18H34N2. The highest BCUT2D eigenvalue weighted by Crippen LogP contribution is 2.40. The number of hydrogen-bond acceptors (Lipinski definition) is 2. The highest BCUT2D eigenvalue weighted by molar-refractivity contribution is 4.95. The Balaban J connectivity index is 1.49. The van der Waals surface area contributed by atoms with Crippen LogP contribution in [-0.2, 0) is 0 Å². The summed E-state index contributed by atoms with van der Waals surface area (Å²) < 4.78 is 0. The topological polar surface area (TPSA) is 15.3 Å². The minimum absolute atomic E-state index is 0.274. The van der Waals surface area contributed by atoms with Crippen molar-refractivity contribution in [2.45, 2.75) is 77.3 Å². The summed E-state index contributed by atoms with van der Waals surface area (Å²) in [6.07, 6.45) is 10.4. The number of fused-ring (bicyclic) bond motifs is 1. The van der Waals surface area contributed by atoms with Gasteiger partial charge in [-0.3, -0.25) is 4.90 Å². The molecule has 0 aromatic rings. The van der Waals surface area contributed by atoms with Gasteiger partial charge < -0.3 is 5.32 Å². The van der Waals surface area contributed by atoms with Gasteiger partial charge in [0.25, 0.3) is 0 Å². The van der Waals surface area contributed by atoms with Crippen LogP contribution in [0.15, 0.2) is 0 Å². The van der Waals surface area contributed by atoms with Crippen LogP contribution in [0.3, 0.4) is 0 Å². The average molecular weight is 278 g/mol. The maximum absolute atomic E-state index is 3.72. The lowest BCUT2D eigenvalue weighted by atomic mass is 9.72. The number of hydrogen-bond donors (Lipinski definition) is 1. The predicted molar refractivity (Wildman–Crippen MR) is 85.9 cm³/mol. The van der Waals surface area contributed by atoms with Crippen LogP contribution in [0.5, 0.6) is 0 Å². The van der Waals surface area contributed by atoms with E-state index >= 15 is 0 Å². The van der Waals surface area contributed by atoms with E-state index in [9.17, 15) is 0 Å². The van der Waals surface area contributed by atoms with Gasteiger partial charge >= 0.3 is 0 Å². The van der Waals surface area contributed by atoms with E-state index < -0.39 is 0 Å². The van der Waals surface area contributed by atoms with Gasteiger partial charge in [-0.2, -0.15) is 0 Å². The van der Waals surface area contributed by atoms with Crippen LogP contribution in [0, 0.1) is 17.8 Å². The Labute approximate surface area is 125 Å². The predicted octanol–water partition coefficient (Wildman–Crippen LogP) is 3.67. The van der Waals surface area contributed by atoms with Crippen LogP contribution in [0.2, 0.25) is 0 Å². The molecule has 1 N–H and O–H groups in total. The van der Waals surface area contributed by atoms with Gasteiger partial charge in [0.05, 0.1) is 0 Å². The molecule has 2 aliphatic carbocycles. The Kier molecular flexibility index (Phi) is 4.42. The van der Waals surface area contributed by atoms with Crippen molar-refractivity contribution in [2.75, 3.05) is 19.6 Å². The van der Waals surface area contributed by atoms with E-state index in [0.29, 0.717) is 0 Å². The zero-order valence-electron chi connectivity index (χ0n) is 13.8. The molecule has 1 saturated heterocycles.